The number of imidazole rings is 1. The number of carbonyl (C=O) groups excluding carboxylic acids is 1. The van der Waals surface area contributed by atoms with Gasteiger partial charge in [-0.05, 0) is 95.4 Å². The predicted octanol–water partition coefficient (Wildman–Crippen LogP) is 6.11. The van der Waals surface area contributed by atoms with Gasteiger partial charge in [0, 0.05) is 30.7 Å². The van der Waals surface area contributed by atoms with Crippen LogP contribution in [0.4, 0.5) is 0 Å². The molecule has 0 unspecified atom stereocenters. The van der Waals surface area contributed by atoms with Crippen molar-refractivity contribution in [1.82, 2.24) is 19.4 Å². The second-order valence-corrected chi connectivity index (χ2v) is 12.1. The lowest BCUT2D eigenvalue weighted by atomic mass is 10.1. The van der Waals surface area contributed by atoms with Crippen LogP contribution in [-0.2, 0) is 19.6 Å². The van der Waals surface area contributed by atoms with Crippen LogP contribution in [-0.4, -0.2) is 39.7 Å². The molecule has 1 saturated carbocycles. The minimum absolute atomic E-state index is 0.227. The molecule has 2 aliphatic rings. The van der Waals surface area contributed by atoms with Gasteiger partial charge in [-0.1, -0.05) is 29.8 Å². The van der Waals surface area contributed by atoms with Crippen molar-refractivity contribution in [2.45, 2.75) is 51.5 Å². The standard InChI is InChI=1S/C32H32BrClN4O4/c1-20(22-4-8-24(41-2)9-5-22)35-31(39)30-29-19-36(18-21-3-14-27(33)28(34)17-21)15-16-37(29)32(40)38(30)23-6-10-25(11-7-23)42-26-12-13-26/h3-11,14,17,20,26H,12-13,15-16,18-19H2,1-2H3,(H,35,39)/t20-/m0/s1. The lowest BCUT2D eigenvalue weighted by Gasteiger charge is -2.28. The number of fused-ring (bicyclic) bond motifs is 1. The molecule has 2 heterocycles. The number of carbonyl (C=O) groups is 1. The number of methoxy groups -OCH3 is 1. The molecule has 3 aromatic carbocycles. The van der Waals surface area contributed by atoms with Gasteiger partial charge in [-0.15, -0.1) is 0 Å². The van der Waals surface area contributed by atoms with Crippen LogP contribution in [0.5, 0.6) is 11.5 Å². The van der Waals surface area contributed by atoms with E-state index in [4.69, 9.17) is 21.1 Å². The monoisotopic (exact) mass is 650 g/mol. The molecule has 1 amide bonds. The van der Waals surface area contributed by atoms with Gasteiger partial charge in [0.05, 0.1) is 35.7 Å². The number of benzene rings is 3. The highest BCUT2D eigenvalue weighted by atomic mass is 79.9. The first-order valence-electron chi connectivity index (χ1n) is 14.0. The fraction of sp³-hybridized carbons (Fsp3) is 0.312. The van der Waals surface area contributed by atoms with Gasteiger partial charge in [0.15, 0.2) is 0 Å². The van der Waals surface area contributed by atoms with Crippen LogP contribution in [0.1, 0.15) is 53.1 Å². The molecule has 42 heavy (non-hydrogen) atoms. The van der Waals surface area contributed by atoms with Crippen LogP contribution in [0, 0.1) is 0 Å². The summed E-state index contributed by atoms with van der Waals surface area (Å²) in [6.45, 7) is 4.16. The van der Waals surface area contributed by atoms with Gasteiger partial charge in [-0.25, -0.2) is 4.79 Å². The summed E-state index contributed by atoms with van der Waals surface area (Å²) in [5.74, 6) is 1.20. The number of ether oxygens (including phenoxy) is 2. The topological polar surface area (TPSA) is 77.7 Å². The molecular formula is C32H32BrClN4O4. The second kappa shape index (κ2) is 12.0. The van der Waals surface area contributed by atoms with Crippen molar-refractivity contribution in [3.63, 3.8) is 0 Å². The maximum atomic E-state index is 14.0. The molecule has 0 radical (unpaired) electrons. The summed E-state index contributed by atoms with van der Waals surface area (Å²) in [6, 6.07) is 20.6. The number of rotatable bonds is 9. The molecule has 6 rings (SSSR count). The minimum Gasteiger partial charge on any atom is -0.497 e. The van der Waals surface area contributed by atoms with E-state index in [1.54, 1.807) is 11.7 Å². The molecule has 1 aliphatic carbocycles. The number of amides is 1. The van der Waals surface area contributed by atoms with E-state index in [0.717, 1.165) is 39.9 Å². The molecule has 1 aliphatic heterocycles. The van der Waals surface area contributed by atoms with Gasteiger partial charge >= 0.3 is 5.69 Å². The van der Waals surface area contributed by atoms with Gasteiger partial charge in [-0.3, -0.25) is 18.8 Å². The predicted molar refractivity (Wildman–Crippen MR) is 166 cm³/mol. The van der Waals surface area contributed by atoms with Crippen LogP contribution < -0.4 is 20.5 Å². The smallest absolute Gasteiger partial charge is 0.333 e. The zero-order valence-electron chi connectivity index (χ0n) is 23.5. The van der Waals surface area contributed by atoms with Crippen molar-refractivity contribution >= 4 is 33.4 Å². The maximum Gasteiger partial charge on any atom is 0.333 e. The Morgan fingerprint density at radius 2 is 1.76 bits per heavy atom. The highest BCUT2D eigenvalue weighted by Crippen LogP contribution is 2.29. The summed E-state index contributed by atoms with van der Waals surface area (Å²) < 4.78 is 15.3. The van der Waals surface area contributed by atoms with Gasteiger partial charge in [-0.2, -0.15) is 0 Å². The van der Waals surface area contributed by atoms with E-state index in [9.17, 15) is 9.59 Å². The first kappa shape index (κ1) is 28.6. The van der Waals surface area contributed by atoms with Gasteiger partial charge < -0.3 is 14.8 Å². The SMILES string of the molecule is COc1ccc([C@H](C)NC(=O)c2c3n(c(=O)n2-c2ccc(OC4CC4)cc2)CCN(Cc2ccc(Br)c(Cl)c2)C3)cc1. The van der Waals surface area contributed by atoms with Crippen LogP contribution in [0.2, 0.25) is 5.02 Å². The molecule has 218 valence electrons. The molecule has 1 N–H and O–H groups in total. The number of aromatic nitrogens is 2. The van der Waals surface area contributed by atoms with Crippen LogP contribution >= 0.6 is 27.5 Å². The van der Waals surface area contributed by atoms with E-state index in [1.807, 2.05) is 73.7 Å². The Morgan fingerprint density at radius 3 is 2.43 bits per heavy atom. The van der Waals surface area contributed by atoms with E-state index in [2.05, 4.69) is 26.1 Å². The Kier molecular flexibility index (Phi) is 8.16. The zero-order chi connectivity index (χ0) is 29.4. The maximum absolute atomic E-state index is 14.0. The number of nitrogens with one attached hydrogen (secondary N) is 1. The third-order valence-electron chi connectivity index (χ3n) is 7.75. The van der Waals surface area contributed by atoms with Crippen molar-refractivity contribution in [1.29, 1.82) is 0 Å². The van der Waals surface area contributed by atoms with Crippen molar-refractivity contribution in [2.24, 2.45) is 0 Å². The Balaban J connectivity index is 1.34. The minimum atomic E-state index is -0.309. The Morgan fingerprint density at radius 1 is 1.05 bits per heavy atom. The molecule has 1 atom stereocenters. The Hall–Kier alpha value is -3.53. The van der Waals surface area contributed by atoms with E-state index in [-0.39, 0.29) is 23.7 Å². The third kappa shape index (κ3) is 6.00. The second-order valence-electron chi connectivity index (χ2n) is 10.8. The molecule has 0 saturated heterocycles. The quantitative estimate of drug-likeness (QED) is 0.236. The summed E-state index contributed by atoms with van der Waals surface area (Å²) in [5.41, 5.74) is 3.42. The summed E-state index contributed by atoms with van der Waals surface area (Å²) in [7, 11) is 1.62. The fourth-order valence-electron chi connectivity index (χ4n) is 5.31. The molecule has 1 aromatic heterocycles. The van der Waals surface area contributed by atoms with Crippen molar-refractivity contribution in [3.05, 3.63) is 109 Å². The Labute approximate surface area is 257 Å². The highest BCUT2D eigenvalue weighted by Gasteiger charge is 2.31. The molecule has 0 spiro atoms. The number of hydrogen-bond donors (Lipinski definition) is 1. The van der Waals surface area contributed by atoms with E-state index in [0.29, 0.717) is 48.3 Å². The lowest BCUT2D eigenvalue weighted by molar-refractivity contribution is 0.0929. The molecule has 10 heteroatoms. The summed E-state index contributed by atoms with van der Waals surface area (Å²) in [4.78, 5) is 30.1. The molecule has 1 fully saturated rings. The van der Waals surface area contributed by atoms with E-state index in [1.165, 1.54) is 4.57 Å². The molecule has 0 bridgehead atoms. The first-order valence-corrected chi connectivity index (χ1v) is 15.2. The van der Waals surface area contributed by atoms with Gasteiger partial charge in [0.1, 0.15) is 17.2 Å². The fourth-order valence-corrected chi connectivity index (χ4v) is 5.76. The number of hydrogen-bond acceptors (Lipinski definition) is 5. The molecule has 8 nitrogen and oxygen atoms in total. The van der Waals surface area contributed by atoms with Crippen molar-refractivity contribution in [2.75, 3.05) is 13.7 Å². The largest absolute Gasteiger partial charge is 0.497 e. The van der Waals surface area contributed by atoms with Gasteiger partial charge in [0.2, 0.25) is 0 Å². The highest BCUT2D eigenvalue weighted by molar-refractivity contribution is 9.10. The molecule has 4 aromatic rings. The average Bonchev–Trinajstić information content (AvgIpc) is 3.77. The average molecular weight is 652 g/mol. The van der Waals surface area contributed by atoms with Crippen molar-refractivity contribution < 1.29 is 14.3 Å². The normalized spacial score (nSPS) is 15.6. The first-order chi connectivity index (χ1) is 20.3. The summed E-state index contributed by atoms with van der Waals surface area (Å²) in [5, 5.41) is 3.78. The van der Waals surface area contributed by atoms with Gasteiger partial charge in [0.25, 0.3) is 5.91 Å². The number of nitrogens with zero attached hydrogens (tertiary/aromatic N) is 3. The van der Waals surface area contributed by atoms with Crippen molar-refractivity contribution in [3.8, 4) is 17.2 Å². The van der Waals surface area contributed by atoms with Crippen LogP contribution in [0.3, 0.4) is 0 Å². The van der Waals surface area contributed by atoms with Crippen LogP contribution in [0.15, 0.2) is 76.0 Å². The van der Waals surface area contributed by atoms with E-state index >= 15 is 0 Å². The summed E-state index contributed by atoms with van der Waals surface area (Å²) >= 11 is 9.80. The number of halogens is 2. The Bertz CT molecular complexity index is 1660. The molecular weight excluding hydrogens is 620 g/mol. The third-order valence-corrected chi connectivity index (χ3v) is 8.98. The van der Waals surface area contributed by atoms with Crippen LogP contribution in [0.25, 0.3) is 5.69 Å². The lowest BCUT2D eigenvalue weighted by Crippen LogP contribution is -2.37. The zero-order valence-corrected chi connectivity index (χ0v) is 25.8. The summed E-state index contributed by atoms with van der Waals surface area (Å²) in [6.07, 6.45) is 2.40. The van der Waals surface area contributed by atoms with E-state index < -0.39 is 0 Å².